The SMILES string of the molecule is Cc1nnsc1C(=O)N1C2CCC1CC(Oc1cccnc1)C2. The maximum atomic E-state index is 12.8. The summed E-state index contributed by atoms with van der Waals surface area (Å²) >= 11 is 1.19. The molecule has 7 heteroatoms. The van der Waals surface area contributed by atoms with E-state index in [0.717, 1.165) is 37.1 Å². The zero-order chi connectivity index (χ0) is 15.8. The average molecular weight is 330 g/mol. The van der Waals surface area contributed by atoms with Crippen molar-refractivity contribution in [1.82, 2.24) is 19.5 Å². The lowest BCUT2D eigenvalue weighted by molar-refractivity contribution is 0.0361. The molecule has 0 aromatic carbocycles. The van der Waals surface area contributed by atoms with Crippen LogP contribution in [-0.2, 0) is 0 Å². The second-order valence-corrected chi connectivity index (χ2v) is 6.94. The van der Waals surface area contributed by atoms with Crippen molar-refractivity contribution in [1.29, 1.82) is 0 Å². The minimum Gasteiger partial charge on any atom is -0.489 e. The molecule has 0 N–H and O–H groups in total. The number of pyridine rings is 1. The quantitative estimate of drug-likeness (QED) is 0.865. The van der Waals surface area contributed by atoms with Crippen LogP contribution in [0.2, 0.25) is 0 Å². The predicted molar refractivity (Wildman–Crippen MR) is 85.5 cm³/mol. The van der Waals surface area contributed by atoms with Gasteiger partial charge in [0.05, 0.1) is 11.9 Å². The van der Waals surface area contributed by atoms with Crippen molar-refractivity contribution in [3.63, 3.8) is 0 Å². The number of aromatic nitrogens is 3. The van der Waals surface area contributed by atoms with Crippen molar-refractivity contribution in [3.05, 3.63) is 35.1 Å². The van der Waals surface area contributed by atoms with Crippen molar-refractivity contribution in [3.8, 4) is 5.75 Å². The van der Waals surface area contributed by atoms with Crippen LogP contribution in [0.25, 0.3) is 0 Å². The maximum absolute atomic E-state index is 12.8. The van der Waals surface area contributed by atoms with Gasteiger partial charge in [-0.3, -0.25) is 9.78 Å². The molecule has 4 rings (SSSR count). The Hall–Kier alpha value is -2.02. The summed E-state index contributed by atoms with van der Waals surface area (Å²) in [7, 11) is 0. The smallest absolute Gasteiger partial charge is 0.268 e. The Bertz CT molecular complexity index is 691. The highest BCUT2D eigenvalue weighted by Crippen LogP contribution is 2.38. The molecule has 2 bridgehead atoms. The molecule has 2 aromatic rings. The van der Waals surface area contributed by atoms with Gasteiger partial charge in [0.25, 0.3) is 5.91 Å². The fourth-order valence-corrected chi connectivity index (χ4v) is 4.31. The van der Waals surface area contributed by atoms with Crippen LogP contribution in [-0.4, -0.2) is 43.6 Å². The van der Waals surface area contributed by atoms with E-state index in [1.54, 1.807) is 12.4 Å². The van der Waals surface area contributed by atoms with Gasteiger partial charge in [-0.15, -0.1) is 5.10 Å². The molecule has 0 saturated carbocycles. The Kier molecular flexibility index (Phi) is 3.72. The van der Waals surface area contributed by atoms with Gasteiger partial charge in [0.15, 0.2) is 0 Å². The van der Waals surface area contributed by atoms with Crippen LogP contribution >= 0.6 is 11.5 Å². The number of hydrogen-bond donors (Lipinski definition) is 0. The summed E-state index contributed by atoms with van der Waals surface area (Å²) in [5, 5.41) is 3.96. The number of piperidine rings is 1. The number of rotatable bonds is 3. The van der Waals surface area contributed by atoms with E-state index in [-0.39, 0.29) is 24.1 Å². The number of carbonyl (C=O) groups is 1. The van der Waals surface area contributed by atoms with Gasteiger partial charge in [0, 0.05) is 31.1 Å². The van der Waals surface area contributed by atoms with Crippen molar-refractivity contribution in [2.24, 2.45) is 0 Å². The zero-order valence-corrected chi connectivity index (χ0v) is 13.7. The van der Waals surface area contributed by atoms with Crippen LogP contribution in [0.4, 0.5) is 0 Å². The molecule has 2 aliphatic rings. The van der Waals surface area contributed by atoms with Crippen LogP contribution in [0, 0.1) is 6.92 Å². The van der Waals surface area contributed by atoms with Crippen LogP contribution in [0.1, 0.15) is 41.0 Å². The fourth-order valence-electron chi connectivity index (χ4n) is 3.71. The number of ether oxygens (including phenoxy) is 1. The molecule has 2 fully saturated rings. The van der Waals surface area contributed by atoms with E-state index < -0.39 is 0 Å². The van der Waals surface area contributed by atoms with E-state index in [0.29, 0.717) is 4.88 Å². The van der Waals surface area contributed by atoms with E-state index >= 15 is 0 Å². The van der Waals surface area contributed by atoms with Crippen LogP contribution in [0.3, 0.4) is 0 Å². The van der Waals surface area contributed by atoms with Crippen molar-refractivity contribution in [2.45, 2.75) is 50.8 Å². The van der Waals surface area contributed by atoms with Crippen molar-refractivity contribution < 1.29 is 9.53 Å². The molecule has 2 aliphatic heterocycles. The predicted octanol–water partition coefficient (Wildman–Crippen LogP) is 2.46. The van der Waals surface area contributed by atoms with Crippen molar-refractivity contribution >= 4 is 17.4 Å². The fraction of sp³-hybridized carbons (Fsp3) is 0.500. The molecule has 2 atom stereocenters. The second kappa shape index (κ2) is 5.88. The number of fused-ring (bicyclic) bond motifs is 2. The summed E-state index contributed by atoms with van der Waals surface area (Å²) in [5.41, 5.74) is 0.730. The minimum absolute atomic E-state index is 0.0878. The molecule has 0 aliphatic carbocycles. The molecule has 0 spiro atoms. The number of amides is 1. The Labute approximate surface area is 138 Å². The summed E-state index contributed by atoms with van der Waals surface area (Å²) in [6.07, 6.45) is 7.49. The Morgan fingerprint density at radius 3 is 2.74 bits per heavy atom. The largest absolute Gasteiger partial charge is 0.489 e. The summed E-state index contributed by atoms with van der Waals surface area (Å²) < 4.78 is 9.95. The Balaban J connectivity index is 1.48. The van der Waals surface area contributed by atoms with Gasteiger partial charge >= 0.3 is 0 Å². The van der Waals surface area contributed by atoms with Gasteiger partial charge in [-0.2, -0.15) is 0 Å². The molecule has 6 nitrogen and oxygen atoms in total. The molecular weight excluding hydrogens is 312 g/mol. The third kappa shape index (κ3) is 2.69. The first-order valence-electron chi connectivity index (χ1n) is 7.90. The monoisotopic (exact) mass is 330 g/mol. The molecule has 4 heterocycles. The summed E-state index contributed by atoms with van der Waals surface area (Å²) in [5.74, 6) is 0.893. The topological polar surface area (TPSA) is 68.2 Å². The van der Waals surface area contributed by atoms with Crippen LogP contribution in [0.15, 0.2) is 24.5 Å². The third-order valence-electron chi connectivity index (χ3n) is 4.71. The van der Waals surface area contributed by atoms with Crippen LogP contribution < -0.4 is 4.74 Å². The molecule has 2 unspecified atom stereocenters. The zero-order valence-electron chi connectivity index (χ0n) is 12.9. The summed E-state index contributed by atoms with van der Waals surface area (Å²) in [6.45, 7) is 1.84. The van der Waals surface area contributed by atoms with Gasteiger partial charge in [-0.25, -0.2) is 0 Å². The lowest BCUT2D eigenvalue weighted by atomic mass is 9.99. The normalized spacial score (nSPS) is 26.3. The Morgan fingerprint density at radius 1 is 1.35 bits per heavy atom. The van der Waals surface area contributed by atoms with E-state index in [2.05, 4.69) is 14.6 Å². The number of hydrogen-bond acceptors (Lipinski definition) is 6. The number of nitrogens with zero attached hydrogens (tertiary/aromatic N) is 4. The average Bonchev–Trinajstić information content (AvgIpc) is 3.09. The van der Waals surface area contributed by atoms with Gasteiger partial charge in [0.2, 0.25) is 0 Å². The molecule has 2 aromatic heterocycles. The highest BCUT2D eigenvalue weighted by molar-refractivity contribution is 7.07. The molecule has 0 radical (unpaired) electrons. The minimum atomic E-state index is 0.0878. The third-order valence-corrected chi connectivity index (χ3v) is 5.52. The lowest BCUT2D eigenvalue weighted by Gasteiger charge is -2.38. The molecule has 120 valence electrons. The van der Waals surface area contributed by atoms with Crippen molar-refractivity contribution in [2.75, 3.05) is 0 Å². The first-order chi connectivity index (χ1) is 11.2. The summed E-state index contributed by atoms with van der Waals surface area (Å²) in [4.78, 5) is 19.6. The molecule has 2 saturated heterocycles. The van der Waals surface area contributed by atoms with E-state index in [1.807, 2.05) is 24.0 Å². The van der Waals surface area contributed by atoms with E-state index in [1.165, 1.54) is 11.5 Å². The summed E-state index contributed by atoms with van der Waals surface area (Å²) in [6, 6.07) is 4.31. The van der Waals surface area contributed by atoms with Crippen LogP contribution in [0.5, 0.6) is 5.75 Å². The molecule has 23 heavy (non-hydrogen) atoms. The van der Waals surface area contributed by atoms with E-state index in [4.69, 9.17) is 4.74 Å². The van der Waals surface area contributed by atoms with Gasteiger partial charge in [-0.1, -0.05) is 4.49 Å². The lowest BCUT2D eigenvalue weighted by Crippen LogP contribution is -2.49. The molecule has 1 amide bonds. The van der Waals surface area contributed by atoms with Gasteiger partial charge < -0.3 is 9.64 Å². The van der Waals surface area contributed by atoms with E-state index in [9.17, 15) is 4.79 Å². The first-order valence-corrected chi connectivity index (χ1v) is 8.68. The highest BCUT2D eigenvalue weighted by atomic mass is 32.1. The number of carbonyl (C=O) groups excluding carboxylic acids is 1. The maximum Gasteiger partial charge on any atom is 0.268 e. The van der Waals surface area contributed by atoms with Gasteiger partial charge in [0.1, 0.15) is 16.7 Å². The Morgan fingerprint density at radius 2 is 2.13 bits per heavy atom. The first kappa shape index (κ1) is 14.6. The standard InChI is InChI=1S/C16H18N4O2S/c1-10-15(23-19-18-10)16(21)20-11-4-5-12(20)8-14(7-11)22-13-3-2-6-17-9-13/h2-3,6,9,11-12,14H,4-5,7-8H2,1H3. The highest BCUT2D eigenvalue weighted by Gasteiger charge is 2.45. The number of aryl methyl sites for hydroxylation is 1. The molecular formula is C16H18N4O2S. The van der Waals surface area contributed by atoms with Gasteiger partial charge in [-0.05, 0) is 43.4 Å². The second-order valence-electron chi connectivity index (χ2n) is 6.18.